The van der Waals surface area contributed by atoms with Gasteiger partial charge in [-0.1, -0.05) is 61.0 Å². The van der Waals surface area contributed by atoms with Gasteiger partial charge < -0.3 is 14.5 Å². The highest BCUT2D eigenvalue weighted by molar-refractivity contribution is 7.89. The number of hydrogen-bond donors (Lipinski definition) is 0. The lowest BCUT2D eigenvalue weighted by Crippen LogP contribution is -2.52. The average Bonchev–Trinajstić information content (AvgIpc) is 3.76. The van der Waals surface area contributed by atoms with Gasteiger partial charge in [-0.05, 0) is 54.9 Å². The molecule has 1 aliphatic heterocycles. The van der Waals surface area contributed by atoms with Gasteiger partial charge in [0.05, 0.1) is 18.9 Å². The Hall–Kier alpha value is -2.46. The van der Waals surface area contributed by atoms with Crippen LogP contribution in [0.5, 0.6) is 0 Å². The fraction of sp³-hybridized carbons (Fsp3) is 0.533. The van der Waals surface area contributed by atoms with E-state index in [1.807, 2.05) is 35.2 Å². The summed E-state index contributed by atoms with van der Waals surface area (Å²) in [7, 11) is -2.09. The molecule has 2 fully saturated rings. The maximum absolute atomic E-state index is 13.7. The van der Waals surface area contributed by atoms with Crippen LogP contribution in [0.25, 0.3) is 0 Å². The van der Waals surface area contributed by atoms with E-state index in [0.717, 1.165) is 12.0 Å². The van der Waals surface area contributed by atoms with Crippen LogP contribution in [0.15, 0.2) is 54.6 Å². The molecule has 218 valence electrons. The van der Waals surface area contributed by atoms with E-state index in [1.54, 1.807) is 24.0 Å². The van der Waals surface area contributed by atoms with E-state index in [4.69, 9.17) is 16.3 Å². The van der Waals surface area contributed by atoms with Crippen molar-refractivity contribution in [2.45, 2.75) is 51.1 Å². The van der Waals surface area contributed by atoms with E-state index < -0.39 is 10.0 Å². The molecule has 2 aromatic rings. The molecule has 2 aliphatic rings. The summed E-state index contributed by atoms with van der Waals surface area (Å²) in [4.78, 5) is 30.7. The van der Waals surface area contributed by atoms with Gasteiger partial charge in [0.1, 0.15) is 0 Å². The predicted molar refractivity (Wildman–Crippen MR) is 156 cm³/mol. The zero-order valence-electron chi connectivity index (χ0n) is 23.4. The third-order valence-electron chi connectivity index (χ3n) is 7.85. The van der Waals surface area contributed by atoms with E-state index in [9.17, 15) is 18.0 Å². The van der Waals surface area contributed by atoms with Gasteiger partial charge in [-0.25, -0.2) is 8.42 Å². The molecule has 0 bridgehead atoms. The fourth-order valence-electron chi connectivity index (χ4n) is 5.51. The minimum Gasteiger partial charge on any atom is -0.383 e. The number of sulfonamides is 1. The van der Waals surface area contributed by atoms with Gasteiger partial charge in [0.25, 0.3) is 0 Å². The average molecular weight is 590 g/mol. The van der Waals surface area contributed by atoms with Gasteiger partial charge in [-0.2, -0.15) is 4.31 Å². The molecule has 10 heteroatoms. The third-order valence-corrected chi connectivity index (χ3v) is 10.1. The van der Waals surface area contributed by atoms with Crippen molar-refractivity contribution in [3.8, 4) is 0 Å². The van der Waals surface area contributed by atoms with Gasteiger partial charge in [-0.15, -0.1) is 0 Å². The van der Waals surface area contributed by atoms with Crippen molar-refractivity contribution in [2.24, 2.45) is 5.92 Å². The standard InChI is InChI=1S/C30H40ClN3O5S/c1-3-19-40(37,38)33(17-18-39-2)22-29(35)34(21-23-9-11-25(31)12-10-23)26-13-15-32(16-14-26)30(36)28-20-27(28)24-7-5-4-6-8-24/h4-12,26-28H,3,13-22H2,1-2H3/t27-,28?/m1/s1. The molecule has 1 heterocycles. The van der Waals surface area contributed by atoms with Crippen molar-refractivity contribution in [1.29, 1.82) is 0 Å². The maximum Gasteiger partial charge on any atom is 0.238 e. The molecule has 1 saturated carbocycles. The minimum atomic E-state index is -3.60. The van der Waals surface area contributed by atoms with Gasteiger partial charge in [0, 0.05) is 50.3 Å². The van der Waals surface area contributed by atoms with E-state index in [2.05, 4.69) is 12.1 Å². The number of likely N-dealkylation sites (tertiary alicyclic amines) is 1. The Bertz CT molecular complexity index is 1230. The van der Waals surface area contributed by atoms with Crippen molar-refractivity contribution >= 4 is 33.4 Å². The molecule has 1 saturated heterocycles. The molecule has 0 aromatic heterocycles. The number of nitrogens with zero attached hydrogens (tertiary/aromatic N) is 3. The first kappa shape index (κ1) is 30.5. The number of carbonyl (C=O) groups excluding carboxylic acids is 2. The molecule has 1 unspecified atom stereocenters. The van der Waals surface area contributed by atoms with Crippen molar-refractivity contribution in [3.05, 3.63) is 70.7 Å². The molecule has 2 aromatic carbocycles. The van der Waals surface area contributed by atoms with Gasteiger partial charge in [0.2, 0.25) is 21.8 Å². The number of ether oxygens (including phenoxy) is 1. The Morgan fingerprint density at radius 2 is 1.73 bits per heavy atom. The van der Waals surface area contributed by atoms with Crippen LogP contribution < -0.4 is 0 Å². The first-order chi connectivity index (χ1) is 19.2. The topological polar surface area (TPSA) is 87.2 Å². The number of methoxy groups -OCH3 is 1. The second-order valence-electron chi connectivity index (χ2n) is 10.7. The van der Waals surface area contributed by atoms with Crippen molar-refractivity contribution < 1.29 is 22.7 Å². The summed E-state index contributed by atoms with van der Waals surface area (Å²) in [5, 5.41) is 0.610. The Morgan fingerprint density at radius 1 is 1.05 bits per heavy atom. The SMILES string of the molecule is CCCS(=O)(=O)N(CCOC)CC(=O)N(Cc1ccc(Cl)cc1)C1CCN(C(=O)C2C[C@@H]2c2ccccc2)CC1. The summed E-state index contributed by atoms with van der Waals surface area (Å²) in [5.74, 6) is 0.245. The number of benzene rings is 2. The van der Waals surface area contributed by atoms with Crippen LogP contribution in [0.1, 0.15) is 49.7 Å². The molecule has 0 radical (unpaired) electrons. The molecular formula is C30H40ClN3O5S. The van der Waals surface area contributed by atoms with Crippen LogP contribution in [0.4, 0.5) is 0 Å². The van der Waals surface area contributed by atoms with Crippen LogP contribution in [0, 0.1) is 5.92 Å². The largest absolute Gasteiger partial charge is 0.383 e. The molecular weight excluding hydrogens is 550 g/mol. The van der Waals surface area contributed by atoms with E-state index in [0.29, 0.717) is 43.9 Å². The maximum atomic E-state index is 13.7. The second-order valence-corrected chi connectivity index (χ2v) is 13.2. The van der Waals surface area contributed by atoms with Crippen molar-refractivity contribution in [2.75, 3.05) is 45.6 Å². The lowest BCUT2D eigenvalue weighted by atomic mass is 10.0. The summed E-state index contributed by atoms with van der Waals surface area (Å²) in [6.45, 7) is 3.40. The predicted octanol–water partition coefficient (Wildman–Crippen LogP) is 4.15. The van der Waals surface area contributed by atoms with E-state index in [-0.39, 0.29) is 55.1 Å². The van der Waals surface area contributed by atoms with Crippen LogP contribution in [0.2, 0.25) is 5.02 Å². The number of amides is 2. The van der Waals surface area contributed by atoms with Gasteiger partial charge >= 0.3 is 0 Å². The molecule has 0 N–H and O–H groups in total. The second kappa shape index (κ2) is 13.9. The van der Waals surface area contributed by atoms with Crippen molar-refractivity contribution in [3.63, 3.8) is 0 Å². The number of carbonyl (C=O) groups is 2. The first-order valence-corrected chi connectivity index (χ1v) is 16.1. The van der Waals surface area contributed by atoms with Gasteiger partial charge in [-0.3, -0.25) is 9.59 Å². The van der Waals surface area contributed by atoms with Crippen LogP contribution >= 0.6 is 11.6 Å². The van der Waals surface area contributed by atoms with Crippen LogP contribution in [-0.2, 0) is 30.9 Å². The van der Waals surface area contributed by atoms with Crippen LogP contribution in [-0.4, -0.2) is 86.0 Å². The molecule has 2 amide bonds. The van der Waals surface area contributed by atoms with Crippen LogP contribution in [0.3, 0.4) is 0 Å². The summed E-state index contributed by atoms with van der Waals surface area (Å²) in [6, 6.07) is 17.4. The zero-order valence-corrected chi connectivity index (χ0v) is 24.9. The minimum absolute atomic E-state index is 0.0210. The molecule has 1 aliphatic carbocycles. The smallest absolute Gasteiger partial charge is 0.238 e. The number of hydrogen-bond acceptors (Lipinski definition) is 5. The van der Waals surface area contributed by atoms with E-state index >= 15 is 0 Å². The lowest BCUT2D eigenvalue weighted by molar-refractivity contribution is -0.138. The highest BCUT2D eigenvalue weighted by Crippen LogP contribution is 2.48. The van der Waals surface area contributed by atoms with Crippen molar-refractivity contribution in [1.82, 2.24) is 14.1 Å². The monoisotopic (exact) mass is 589 g/mol. The Morgan fingerprint density at radius 3 is 2.35 bits per heavy atom. The zero-order chi connectivity index (χ0) is 28.7. The Balaban J connectivity index is 1.44. The number of halogens is 1. The fourth-order valence-corrected chi connectivity index (χ4v) is 7.07. The Kier molecular flexibility index (Phi) is 10.6. The van der Waals surface area contributed by atoms with E-state index in [1.165, 1.54) is 17.0 Å². The molecule has 8 nitrogen and oxygen atoms in total. The molecule has 4 rings (SSSR count). The lowest BCUT2D eigenvalue weighted by Gasteiger charge is -2.39. The Labute approximate surface area is 243 Å². The van der Waals surface area contributed by atoms with Gasteiger partial charge in [0.15, 0.2) is 0 Å². The molecule has 40 heavy (non-hydrogen) atoms. The summed E-state index contributed by atoms with van der Waals surface area (Å²) in [5.41, 5.74) is 2.13. The first-order valence-electron chi connectivity index (χ1n) is 14.1. The summed E-state index contributed by atoms with van der Waals surface area (Å²) >= 11 is 6.08. The normalized spacial score (nSPS) is 19.6. The quantitative estimate of drug-likeness (QED) is 0.350. The molecule has 2 atom stereocenters. The third kappa shape index (κ3) is 7.84. The highest BCUT2D eigenvalue weighted by atomic mass is 35.5. The molecule has 0 spiro atoms. The summed E-state index contributed by atoms with van der Waals surface area (Å²) < 4.78 is 32.2. The highest BCUT2D eigenvalue weighted by Gasteiger charge is 2.46. The number of rotatable bonds is 13. The number of piperidine rings is 1. The summed E-state index contributed by atoms with van der Waals surface area (Å²) in [6.07, 6.45) is 2.64.